The number of nitrogens with one attached hydrogen (secondary N) is 2. The van der Waals surface area contributed by atoms with Crippen molar-refractivity contribution >= 4 is 15.9 Å². The van der Waals surface area contributed by atoms with Crippen LogP contribution in [0.5, 0.6) is 0 Å². The molecule has 0 aliphatic heterocycles. The molecule has 1 aliphatic rings. The molecule has 2 aromatic carbocycles. The highest BCUT2D eigenvalue weighted by Gasteiger charge is 2.21. The van der Waals surface area contributed by atoms with Gasteiger partial charge < -0.3 is 5.32 Å². The summed E-state index contributed by atoms with van der Waals surface area (Å²) in [5.41, 5.74) is 1.87. The van der Waals surface area contributed by atoms with E-state index in [2.05, 4.69) is 10.0 Å². The highest BCUT2D eigenvalue weighted by atomic mass is 32.2. The Morgan fingerprint density at radius 3 is 2.46 bits per heavy atom. The van der Waals surface area contributed by atoms with Crippen LogP contribution in [0.15, 0.2) is 53.4 Å². The van der Waals surface area contributed by atoms with E-state index in [-0.39, 0.29) is 23.4 Å². The summed E-state index contributed by atoms with van der Waals surface area (Å²) < 4.78 is 28.0. The third-order valence-electron chi connectivity index (χ3n) is 4.74. The maximum Gasteiger partial charge on any atom is 0.251 e. The van der Waals surface area contributed by atoms with E-state index in [1.807, 2.05) is 30.3 Å². The lowest BCUT2D eigenvalue weighted by Crippen LogP contribution is -2.33. The lowest BCUT2D eigenvalue weighted by Gasteiger charge is -2.14. The van der Waals surface area contributed by atoms with Crippen LogP contribution in [0.2, 0.25) is 0 Å². The number of rotatable bonds is 6. The summed E-state index contributed by atoms with van der Waals surface area (Å²) in [5.74, 6) is -0.212. The predicted octanol–water partition coefficient (Wildman–Crippen LogP) is 3.15. The minimum absolute atomic E-state index is 0.146. The number of amides is 1. The van der Waals surface area contributed by atoms with E-state index >= 15 is 0 Å². The first kappa shape index (κ1) is 18.6. The van der Waals surface area contributed by atoms with Crippen LogP contribution < -0.4 is 10.0 Å². The fourth-order valence-electron chi connectivity index (χ4n) is 3.22. The molecular weight excluding hydrogens is 348 g/mol. The summed E-state index contributed by atoms with van der Waals surface area (Å²) in [7, 11) is -3.70. The Balaban J connectivity index is 1.76. The first-order valence-corrected chi connectivity index (χ1v) is 10.4. The molecule has 138 valence electrons. The van der Waals surface area contributed by atoms with Crippen molar-refractivity contribution in [3.05, 3.63) is 65.2 Å². The minimum atomic E-state index is -3.70. The topological polar surface area (TPSA) is 75.3 Å². The van der Waals surface area contributed by atoms with Crippen molar-refractivity contribution in [1.29, 1.82) is 0 Å². The summed E-state index contributed by atoms with van der Waals surface area (Å²) in [6.07, 6.45) is 4.23. The van der Waals surface area contributed by atoms with Gasteiger partial charge in [0.15, 0.2) is 0 Å². The van der Waals surface area contributed by atoms with E-state index in [4.69, 9.17) is 0 Å². The van der Waals surface area contributed by atoms with Crippen molar-refractivity contribution in [2.45, 2.75) is 50.1 Å². The zero-order valence-corrected chi connectivity index (χ0v) is 15.7. The molecule has 1 fully saturated rings. The quantitative estimate of drug-likeness (QED) is 0.818. The molecule has 3 rings (SSSR count). The van der Waals surface area contributed by atoms with Crippen LogP contribution >= 0.6 is 0 Å². The molecule has 1 saturated carbocycles. The predicted molar refractivity (Wildman–Crippen MR) is 101 cm³/mol. The maximum atomic E-state index is 12.7. The average molecular weight is 372 g/mol. The number of carbonyl (C=O) groups excluding carboxylic acids is 1. The Labute approximate surface area is 154 Å². The Kier molecular flexibility index (Phi) is 5.74. The van der Waals surface area contributed by atoms with Crippen LogP contribution in [-0.4, -0.2) is 20.4 Å². The molecule has 0 heterocycles. The van der Waals surface area contributed by atoms with E-state index in [0.29, 0.717) is 11.1 Å². The van der Waals surface area contributed by atoms with Crippen molar-refractivity contribution in [3.8, 4) is 0 Å². The van der Waals surface area contributed by atoms with Gasteiger partial charge in [-0.15, -0.1) is 0 Å². The number of sulfonamides is 1. The van der Waals surface area contributed by atoms with Crippen molar-refractivity contribution < 1.29 is 13.2 Å². The number of benzene rings is 2. The minimum Gasteiger partial charge on any atom is -0.349 e. The van der Waals surface area contributed by atoms with Gasteiger partial charge in [-0.3, -0.25) is 4.79 Å². The molecule has 0 atom stereocenters. The van der Waals surface area contributed by atoms with Gasteiger partial charge in [-0.2, -0.15) is 0 Å². The molecule has 0 radical (unpaired) electrons. The van der Waals surface area contributed by atoms with Gasteiger partial charge >= 0.3 is 0 Å². The molecule has 0 unspecified atom stereocenters. The van der Waals surface area contributed by atoms with Gasteiger partial charge in [-0.1, -0.05) is 49.2 Å². The van der Waals surface area contributed by atoms with Crippen molar-refractivity contribution in [3.63, 3.8) is 0 Å². The molecule has 5 nitrogen and oxygen atoms in total. The molecule has 26 heavy (non-hydrogen) atoms. The molecule has 1 amide bonds. The zero-order chi connectivity index (χ0) is 18.6. The van der Waals surface area contributed by atoms with E-state index in [1.165, 1.54) is 6.07 Å². The van der Waals surface area contributed by atoms with Crippen molar-refractivity contribution in [2.75, 3.05) is 0 Å². The molecule has 0 aromatic heterocycles. The lowest BCUT2D eigenvalue weighted by molar-refractivity contribution is 0.0937. The SMILES string of the molecule is Cc1ccc(C(=O)NC2CCCC2)cc1S(=O)(=O)NCc1ccccc1. The number of hydrogen-bond acceptors (Lipinski definition) is 3. The molecule has 6 heteroatoms. The second-order valence-electron chi connectivity index (χ2n) is 6.75. The fourth-order valence-corrected chi connectivity index (χ4v) is 4.51. The lowest BCUT2D eigenvalue weighted by atomic mass is 10.1. The van der Waals surface area contributed by atoms with E-state index in [1.54, 1.807) is 19.1 Å². The molecule has 0 spiro atoms. The summed E-state index contributed by atoms with van der Waals surface area (Å²) >= 11 is 0. The van der Waals surface area contributed by atoms with Crippen molar-refractivity contribution in [1.82, 2.24) is 10.0 Å². The van der Waals surface area contributed by atoms with Crippen LogP contribution in [0.1, 0.15) is 47.2 Å². The zero-order valence-electron chi connectivity index (χ0n) is 14.9. The Hall–Kier alpha value is -2.18. The second-order valence-corrected chi connectivity index (χ2v) is 8.48. The Morgan fingerprint density at radius 1 is 1.08 bits per heavy atom. The summed E-state index contributed by atoms with van der Waals surface area (Å²) in [4.78, 5) is 12.6. The van der Waals surface area contributed by atoms with Gasteiger partial charge in [0.25, 0.3) is 5.91 Å². The Morgan fingerprint density at radius 2 is 1.77 bits per heavy atom. The second kappa shape index (κ2) is 8.01. The van der Waals surface area contributed by atoms with Crippen LogP contribution in [0.25, 0.3) is 0 Å². The van der Waals surface area contributed by atoms with Crippen LogP contribution in [0, 0.1) is 6.92 Å². The molecule has 2 aromatic rings. The standard InChI is InChI=1S/C20H24N2O3S/c1-15-11-12-17(20(23)22-18-9-5-6-10-18)13-19(15)26(24,25)21-14-16-7-3-2-4-8-16/h2-4,7-8,11-13,18,21H,5-6,9-10,14H2,1H3,(H,22,23). The van der Waals surface area contributed by atoms with Gasteiger partial charge in [0.05, 0.1) is 4.90 Å². The maximum absolute atomic E-state index is 12.7. The molecule has 0 saturated heterocycles. The molecule has 0 bridgehead atoms. The van der Waals surface area contributed by atoms with E-state index in [0.717, 1.165) is 31.2 Å². The van der Waals surface area contributed by atoms with E-state index < -0.39 is 10.0 Å². The number of aryl methyl sites for hydroxylation is 1. The van der Waals surface area contributed by atoms with E-state index in [9.17, 15) is 13.2 Å². The summed E-state index contributed by atoms with van der Waals surface area (Å²) in [6, 6.07) is 14.4. The molecular formula is C20H24N2O3S. The fraction of sp³-hybridized carbons (Fsp3) is 0.350. The van der Waals surface area contributed by atoms with Gasteiger partial charge in [0.2, 0.25) is 10.0 Å². The molecule has 1 aliphatic carbocycles. The van der Waals surface area contributed by atoms with Gasteiger partial charge in [0, 0.05) is 18.2 Å². The third kappa shape index (κ3) is 4.51. The largest absolute Gasteiger partial charge is 0.349 e. The summed E-state index contributed by atoms with van der Waals surface area (Å²) in [5, 5.41) is 3.00. The third-order valence-corrected chi connectivity index (χ3v) is 6.28. The summed E-state index contributed by atoms with van der Waals surface area (Å²) in [6.45, 7) is 1.94. The normalized spacial score (nSPS) is 15.1. The van der Waals surface area contributed by atoms with Crippen LogP contribution in [0.3, 0.4) is 0 Å². The van der Waals surface area contributed by atoms with Gasteiger partial charge in [0.1, 0.15) is 0 Å². The monoisotopic (exact) mass is 372 g/mol. The first-order chi connectivity index (χ1) is 12.5. The highest BCUT2D eigenvalue weighted by Crippen LogP contribution is 2.20. The van der Waals surface area contributed by atoms with Gasteiger partial charge in [-0.05, 0) is 43.0 Å². The highest BCUT2D eigenvalue weighted by molar-refractivity contribution is 7.89. The van der Waals surface area contributed by atoms with Gasteiger partial charge in [-0.25, -0.2) is 13.1 Å². The average Bonchev–Trinajstić information content (AvgIpc) is 3.14. The van der Waals surface area contributed by atoms with Crippen LogP contribution in [-0.2, 0) is 16.6 Å². The Bertz CT molecular complexity index is 873. The first-order valence-electron chi connectivity index (χ1n) is 8.91. The number of hydrogen-bond donors (Lipinski definition) is 2. The number of carbonyl (C=O) groups is 1. The smallest absolute Gasteiger partial charge is 0.251 e. The van der Waals surface area contributed by atoms with Crippen LogP contribution in [0.4, 0.5) is 0 Å². The molecule has 2 N–H and O–H groups in total. The van der Waals surface area contributed by atoms with Crippen molar-refractivity contribution in [2.24, 2.45) is 0 Å².